The fourth-order valence-corrected chi connectivity index (χ4v) is 9.81. The zero-order chi connectivity index (χ0) is 40.3. The maximum absolute atomic E-state index is 13.4. The van der Waals surface area contributed by atoms with Gasteiger partial charge >= 0.3 is 11.9 Å². The first kappa shape index (κ1) is 45.2. The van der Waals surface area contributed by atoms with Gasteiger partial charge in [0, 0.05) is 76.2 Å². The third kappa shape index (κ3) is 13.0. The number of rotatable bonds is 16. The van der Waals surface area contributed by atoms with Crippen molar-refractivity contribution in [3.05, 3.63) is 23.8 Å². The quantitative estimate of drug-likeness (QED) is 0.0437. The van der Waals surface area contributed by atoms with Crippen LogP contribution in [0.2, 0.25) is 0 Å². The number of ether oxygens (including phenoxy) is 5. The Kier molecular flexibility index (Phi) is 16.9. The SMILES string of the molecule is CCN(C(=O)COC(=O)/C=C\C(=O)O[C@@H](CNC(C)(C)C)COC(=N)C(=NS)N1CCOCC1)[C@H]1CN(CCCOC)S(=O)(=O)c2sc(S(N)(=O)=O)cc21. The number of sulfonamides is 2. The minimum absolute atomic E-state index is 0.0392. The van der Waals surface area contributed by atoms with Gasteiger partial charge in [-0.1, -0.05) is 0 Å². The third-order valence-electron chi connectivity index (χ3n) is 7.94. The molecule has 3 heterocycles. The molecule has 54 heavy (non-hydrogen) atoms. The summed E-state index contributed by atoms with van der Waals surface area (Å²) in [6, 6.07) is 0.223. The zero-order valence-corrected chi connectivity index (χ0v) is 34.2. The second-order valence-corrected chi connectivity index (χ2v) is 18.2. The highest BCUT2D eigenvalue weighted by atomic mass is 32.3. The van der Waals surface area contributed by atoms with E-state index in [4.69, 9.17) is 34.2 Å². The summed E-state index contributed by atoms with van der Waals surface area (Å²) in [5.74, 6) is -2.74. The average Bonchev–Trinajstić information content (AvgIpc) is 3.58. The van der Waals surface area contributed by atoms with Gasteiger partial charge in [-0.3, -0.25) is 10.2 Å². The fraction of sp³-hybridized carbons (Fsp3) is 0.645. The molecule has 0 spiro atoms. The molecule has 0 bridgehead atoms. The number of thiol groups is 1. The number of amides is 1. The molecule has 0 saturated carbocycles. The Bertz CT molecular complexity index is 1770. The first-order valence-electron chi connectivity index (χ1n) is 16.8. The van der Waals surface area contributed by atoms with E-state index >= 15 is 0 Å². The molecule has 23 heteroatoms. The molecule has 0 aromatic carbocycles. The summed E-state index contributed by atoms with van der Waals surface area (Å²) in [4.78, 5) is 41.8. The van der Waals surface area contributed by atoms with Gasteiger partial charge in [-0.25, -0.2) is 31.6 Å². The van der Waals surface area contributed by atoms with Gasteiger partial charge in [0.25, 0.3) is 21.8 Å². The van der Waals surface area contributed by atoms with Gasteiger partial charge in [-0.15, -0.1) is 11.3 Å². The maximum atomic E-state index is 13.4. The predicted octanol–water partition coefficient (Wildman–Crippen LogP) is 0.295. The number of methoxy groups -OCH3 is 1. The predicted molar refractivity (Wildman–Crippen MR) is 201 cm³/mol. The van der Waals surface area contributed by atoms with Gasteiger partial charge in [-0.05, 0) is 53.0 Å². The minimum Gasteiger partial charge on any atom is -0.471 e. The highest BCUT2D eigenvalue weighted by molar-refractivity contribution is 7.94. The average molecular weight is 840 g/mol. The van der Waals surface area contributed by atoms with Crippen LogP contribution in [0.15, 0.2) is 31.0 Å². The zero-order valence-electron chi connectivity index (χ0n) is 30.8. The van der Waals surface area contributed by atoms with E-state index < -0.39 is 56.6 Å². The number of nitrogens with zero attached hydrogens (tertiary/aromatic N) is 4. The highest BCUT2D eigenvalue weighted by Crippen LogP contribution is 2.42. The Labute approximate surface area is 325 Å². The Hall–Kier alpha value is -3.16. The van der Waals surface area contributed by atoms with Gasteiger partial charge in [0.05, 0.1) is 19.3 Å². The topological polar surface area (TPSA) is 250 Å². The van der Waals surface area contributed by atoms with Crippen molar-refractivity contribution in [2.45, 2.75) is 60.2 Å². The summed E-state index contributed by atoms with van der Waals surface area (Å²) in [6.45, 7) is 8.57. The van der Waals surface area contributed by atoms with Crippen molar-refractivity contribution in [2.24, 2.45) is 9.54 Å². The molecule has 3 rings (SSSR count). The summed E-state index contributed by atoms with van der Waals surface area (Å²) in [5.41, 5.74) is -0.271. The Balaban J connectivity index is 1.66. The van der Waals surface area contributed by atoms with Crippen LogP contribution >= 0.6 is 24.2 Å². The molecule has 4 N–H and O–H groups in total. The lowest BCUT2D eigenvalue weighted by Gasteiger charge is -2.38. The van der Waals surface area contributed by atoms with Gasteiger partial charge < -0.3 is 38.8 Å². The van der Waals surface area contributed by atoms with Gasteiger partial charge in [-0.2, -0.15) is 8.70 Å². The highest BCUT2D eigenvalue weighted by Gasteiger charge is 2.43. The van der Waals surface area contributed by atoms with Crippen molar-refractivity contribution in [2.75, 3.05) is 79.4 Å². The van der Waals surface area contributed by atoms with E-state index in [9.17, 15) is 31.2 Å². The lowest BCUT2D eigenvalue weighted by molar-refractivity contribution is -0.150. The van der Waals surface area contributed by atoms with Crippen LogP contribution in [0.4, 0.5) is 0 Å². The number of thiophene rings is 1. The number of hydrogen-bond acceptors (Lipinski definition) is 17. The number of carbonyl (C=O) groups is 3. The first-order chi connectivity index (χ1) is 25.3. The molecule has 2 aliphatic rings. The van der Waals surface area contributed by atoms with Crippen LogP contribution in [-0.2, 0) is 58.1 Å². The van der Waals surface area contributed by atoms with Gasteiger partial charge in [0.15, 0.2) is 12.4 Å². The second kappa shape index (κ2) is 20.1. The molecule has 1 amide bonds. The Morgan fingerprint density at radius 1 is 1.22 bits per heavy atom. The van der Waals surface area contributed by atoms with Crippen molar-refractivity contribution in [1.82, 2.24) is 19.4 Å². The van der Waals surface area contributed by atoms with Crippen molar-refractivity contribution in [1.29, 1.82) is 5.41 Å². The number of carbonyl (C=O) groups excluding carboxylic acids is 3. The minimum atomic E-state index is -4.27. The molecular weight excluding hydrogens is 791 g/mol. The number of morpholine rings is 1. The third-order valence-corrected chi connectivity index (χ3v) is 13.1. The fourth-order valence-electron chi connectivity index (χ4n) is 5.31. The molecule has 0 radical (unpaired) electrons. The number of nitrogens with two attached hydrogens (primary N) is 1. The lowest BCUT2D eigenvalue weighted by atomic mass is 10.1. The molecule has 1 aromatic heterocycles. The second-order valence-electron chi connectivity index (χ2n) is 13.1. The largest absolute Gasteiger partial charge is 0.471 e. The standard InChI is InChI=1S/C31H49N7O12S4/c1-6-38(23-18-37(10-7-13-46-5)54(44,45)30-22(23)16-27(52-30)53(33,42)43)24(39)20-48-25(40)8-9-26(41)50-21(17-34-31(2,3)4)19-49-28(32)29(35-51)36-11-14-47-15-12-36/h8-9,16,21,23,32,34,51H,6-7,10-15,17-20H2,1-5H3,(H2,33,42,43)/b9-8-,32-28?,35-29?/t21-,23-/m0/s1. The molecule has 1 aromatic rings. The molecule has 2 aliphatic heterocycles. The van der Waals surface area contributed by atoms with E-state index in [0.29, 0.717) is 44.1 Å². The molecule has 304 valence electrons. The van der Waals surface area contributed by atoms with E-state index in [1.54, 1.807) is 11.8 Å². The normalized spacial score (nSPS) is 18.5. The van der Waals surface area contributed by atoms with Crippen LogP contribution in [0.25, 0.3) is 0 Å². The molecule has 19 nitrogen and oxygen atoms in total. The molecule has 1 fully saturated rings. The summed E-state index contributed by atoms with van der Waals surface area (Å²) >= 11 is 4.47. The van der Waals surface area contributed by atoms with Crippen LogP contribution < -0.4 is 10.5 Å². The maximum Gasteiger partial charge on any atom is 0.331 e. The van der Waals surface area contributed by atoms with E-state index in [2.05, 4.69) is 22.5 Å². The van der Waals surface area contributed by atoms with Crippen molar-refractivity contribution in [3.8, 4) is 0 Å². The number of hydrogen-bond donors (Lipinski definition) is 4. The molecule has 0 unspecified atom stereocenters. The number of nitrogens with one attached hydrogen (secondary N) is 2. The smallest absolute Gasteiger partial charge is 0.331 e. The molecular formula is C31H49N7O12S4. The van der Waals surface area contributed by atoms with Crippen molar-refractivity contribution in [3.63, 3.8) is 0 Å². The van der Waals surface area contributed by atoms with Crippen LogP contribution in [0.5, 0.6) is 0 Å². The number of likely N-dealkylation sites (N-methyl/N-ethyl adjacent to an activating group) is 1. The number of esters is 2. The van der Waals surface area contributed by atoms with Crippen LogP contribution in [0.3, 0.4) is 0 Å². The Morgan fingerprint density at radius 2 is 1.89 bits per heavy atom. The Morgan fingerprint density at radius 3 is 2.48 bits per heavy atom. The van der Waals surface area contributed by atoms with Crippen LogP contribution in [0, 0.1) is 5.41 Å². The van der Waals surface area contributed by atoms with E-state index in [0.717, 1.165) is 22.5 Å². The molecule has 1 saturated heterocycles. The van der Waals surface area contributed by atoms with E-state index in [1.165, 1.54) is 12.0 Å². The lowest BCUT2D eigenvalue weighted by Crippen LogP contribution is -2.48. The monoisotopic (exact) mass is 839 g/mol. The van der Waals surface area contributed by atoms with Crippen molar-refractivity contribution < 1.29 is 54.9 Å². The van der Waals surface area contributed by atoms with Gasteiger partial charge in [0.2, 0.25) is 10.0 Å². The number of fused-ring (bicyclic) bond motifs is 1. The number of amidine groups is 1. The summed E-state index contributed by atoms with van der Waals surface area (Å²) in [5, 5.41) is 16.9. The van der Waals surface area contributed by atoms with Crippen LogP contribution in [0.1, 0.15) is 45.7 Å². The number of primary sulfonamides is 1. The molecule has 2 atom stereocenters. The summed E-state index contributed by atoms with van der Waals surface area (Å²) in [6.07, 6.45) is 1.05. The summed E-state index contributed by atoms with van der Waals surface area (Å²) in [7, 11) is -6.92. The molecule has 0 aliphatic carbocycles. The summed E-state index contributed by atoms with van der Waals surface area (Å²) < 4.78 is 82.1. The van der Waals surface area contributed by atoms with E-state index in [-0.39, 0.29) is 70.6 Å². The van der Waals surface area contributed by atoms with Crippen molar-refractivity contribution >= 4 is 73.8 Å². The van der Waals surface area contributed by atoms with Crippen LogP contribution in [-0.4, -0.2) is 152 Å². The van der Waals surface area contributed by atoms with Gasteiger partial charge in [0.1, 0.15) is 21.1 Å². The first-order valence-corrected chi connectivity index (χ1v) is 21.0. The van der Waals surface area contributed by atoms with E-state index in [1.807, 2.05) is 20.8 Å².